The van der Waals surface area contributed by atoms with Gasteiger partial charge in [0.2, 0.25) is 0 Å². The molecular weight excluding hydrogens is 558 g/mol. The first-order chi connectivity index (χ1) is 21.4. The van der Waals surface area contributed by atoms with Crippen molar-refractivity contribution in [2.45, 2.75) is 26.9 Å². The molecule has 1 N–H and O–H groups in total. The molecule has 228 valence electrons. The molecule has 0 saturated carbocycles. The number of hydrogen-bond acceptors (Lipinski definition) is 8. The van der Waals surface area contributed by atoms with Crippen LogP contribution in [0, 0.1) is 25.2 Å². The van der Waals surface area contributed by atoms with Crippen molar-refractivity contribution in [2.75, 3.05) is 46.5 Å². The molecule has 5 rings (SSSR count). The molecule has 4 aromatic rings. The number of imidazole rings is 1. The van der Waals surface area contributed by atoms with Crippen molar-refractivity contribution in [1.29, 1.82) is 5.26 Å². The Labute approximate surface area is 257 Å². The minimum atomic E-state index is -0.0825. The number of ether oxygens (including phenoxy) is 3. The summed E-state index contributed by atoms with van der Waals surface area (Å²) < 4.78 is 19.3. The number of carbonyl (C=O) groups excluding carboxylic acids is 1. The predicted molar refractivity (Wildman–Crippen MR) is 165 cm³/mol. The molecule has 0 spiro atoms. The number of piperazine rings is 1. The molecule has 1 aliphatic rings. The van der Waals surface area contributed by atoms with Gasteiger partial charge in [-0.25, -0.2) is 4.98 Å². The number of aryl methyl sites for hydroxylation is 2. The van der Waals surface area contributed by atoms with E-state index in [1.807, 2.05) is 55.3 Å². The number of aliphatic hydroxyl groups is 1. The van der Waals surface area contributed by atoms with Crippen LogP contribution < -0.4 is 14.2 Å². The van der Waals surface area contributed by atoms with Gasteiger partial charge in [0, 0.05) is 51.5 Å². The number of methoxy groups -OCH3 is 1. The van der Waals surface area contributed by atoms with Crippen molar-refractivity contribution in [2.24, 2.45) is 0 Å². The highest BCUT2D eigenvalue weighted by molar-refractivity contribution is 5.97. The maximum absolute atomic E-state index is 13.3. The first-order valence-electron chi connectivity index (χ1n) is 14.6. The van der Waals surface area contributed by atoms with Crippen LogP contribution in [-0.2, 0) is 13.1 Å². The first kappa shape index (κ1) is 30.6. The second-order valence-corrected chi connectivity index (χ2v) is 10.7. The molecule has 1 fully saturated rings. The largest absolute Gasteiger partial charge is 0.496 e. The maximum Gasteiger partial charge on any atom is 0.257 e. The molecule has 44 heavy (non-hydrogen) atoms. The van der Waals surface area contributed by atoms with E-state index in [1.54, 1.807) is 37.4 Å². The third kappa shape index (κ3) is 7.02. The molecule has 0 radical (unpaired) electrons. The zero-order chi connectivity index (χ0) is 31.1. The number of nitriles is 1. The number of rotatable bonds is 11. The van der Waals surface area contributed by atoms with Gasteiger partial charge in [0.05, 0.1) is 30.5 Å². The fourth-order valence-electron chi connectivity index (χ4n) is 5.40. The summed E-state index contributed by atoms with van der Waals surface area (Å²) in [6.07, 6.45) is 1.91. The lowest BCUT2D eigenvalue weighted by Crippen LogP contribution is -2.48. The van der Waals surface area contributed by atoms with Crippen molar-refractivity contribution >= 4 is 5.91 Å². The van der Waals surface area contributed by atoms with Crippen LogP contribution in [0.1, 0.15) is 38.6 Å². The molecule has 1 saturated heterocycles. The molecule has 0 bridgehead atoms. The van der Waals surface area contributed by atoms with Crippen LogP contribution in [0.4, 0.5) is 0 Å². The van der Waals surface area contributed by atoms with E-state index >= 15 is 0 Å². The predicted octanol–water partition coefficient (Wildman–Crippen LogP) is 4.55. The Balaban J connectivity index is 1.25. The molecular formula is C34H37N5O5. The zero-order valence-corrected chi connectivity index (χ0v) is 25.3. The summed E-state index contributed by atoms with van der Waals surface area (Å²) in [5.74, 6) is 3.08. The molecule has 10 heteroatoms. The summed E-state index contributed by atoms with van der Waals surface area (Å²) in [4.78, 5) is 22.1. The van der Waals surface area contributed by atoms with Crippen LogP contribution in [0.25, 0.3) is 0 Å². The number of hydrogen-bond donors (Lipinski definition) is 1. The quantitative estimate of drug-likeness (QED) is 0.269. The van der Waals surface area contributed by atoms with Gasteiger partial charge in [-0.05, 0) is 55.3 Å². The van der Waals surface area contributed by atoms with Crippen molar-refractivity contribution in [3.8, 4) is 29.1 Å². The number of amides is 1. The molecule has 3 aromatic carbocycles. The van der Waals surface area contributed by atoms with Gasteiger partial charge < -0.3 is 28.8 Å². The Morgan fingerprint density at radius 3 is 2.52 bits per heavy atom. The van der Waals surface area contributed by atoms with E-state index in [-0.39, 0.29) is 19.1 Å². The summed E-state index contributed by atoms with van der Waals surface area (Å²) in [6.45, 7) is 8.06. The van der Waals surface area contributed by atoms with Gasteiger partial charge in [-0.15, -0.1) is 0 Å². The van der Waals surface area contributed by atoms with Crippen LogP contribution in [0.15, 0.2) is 66.9 Å². The fraction of sp³-hybridized carbons (Fsp3) is 0.324. The van der Waals surface area contributed by atoms with Crippen molar-refractivity contribution < 1.29 is 24.1 Å². The average Bonchev–Trinajstić information content (AvgIpc) is 3.38. The number of benzene rings is 3. The number of aromatic nitrogens is 2. The number of nitrogens with zero attached hydrogens (tertiary/aromatic N) is 5. The van der Waals surface area contributed by atoms with E-state index in [9.17, 15) is 10.1 Å². The average molecular weight is 596 g/mol. The second-order valence-electron chi connectivity index (χ2n) is 10.7. The van der Waals surface area contributed by atoms with E-state index in [4.69, 9.17) is 19.3 Å². The van der Waals surface area contributed by atoms with Gasteiger partial charge in [-0.3, -0.25) is 9.69 Å². The monoisotopic (exact) mass is 595 g/mol. The highest BCUT2D eigenvalue weighted by Crippen LogP contribution is 2.30. The second kappa shape index (κ2) is 14.1. The van der Waals surface area contributed by atoms with E-state index in [1.165, 1.54) is 0 Å². The molecule has 1 aliphatic heterocycles. The standard InChI is InChI=1S/C34H37N5O5/c1-24-6-4-9-31(33(24)42-3)34(41)38-14-12-37(13-15-38)23-28-21-36-25(2)39(28)22-26-10-11-27(20-35)32(18-26)44-30-8-5-7-29(19-30)43-17-16-40/h4-11,18-19,21,40H,12-17,22-23H2,1-3H3. The normalized spacial score (nSPS) is 13.4. The van der Waals surface area contributed by atoms with Gasteiger partial charge >= 0.3 is 0 Å². The molecule has 2 heterocycles. The molecule has 1 amide bonds. The minimum absolute atomic E-state index is 0.00524. The van der Waals surface area contributed by atoms with Crippen molar-refractivity contribution in [1.82, 2.24) is 19.4 Å². The summed E-state index contributed by atoms with van der Waals surface area (Å²) in [5, 5.41) is 18.7. The molecule has 0 unspecified atom stereocenters. The van der Waals surface area contributed by atoms with Crippen LogP contribution >= 0.6 is 0 Å². The number of aliphatic hydroxyl groups excluding tert-OH is 1. The zero-order valence-electron chi connectivity index (χ0n) is 25.3. The van der Waals surface area contributed by atoms with E-state index in [0.29, 0.717) is 60.3 Å². The number of carbonyl (C=O) groups is 1. The highest BCUT2D eigenvalue weighted by Gasteiger charge is 2.25. The SMILES string of the molecule is COc1c(C)cccc1C(=O)N1CCN(Cc2cnc(C)n2Cc2ccc(C#N)c(Oc3cccc(OCCO)c3)c2)CC1. The summed E-state index contributed by atoms with van der Waals surface area (Å²) >= 11 is 0. The Morgan fingerprint density at radius 2 is 1.77 bits per heavy atom. The van der Waals surface area contributed by atoms with Gasteiger partial charge in [0.1, 0.15) is 41.5 Å². The van der Waals surface area contributed by atoms with E-state index in [2.05, 4.69) is 20.5 Å². The van der Waals surface area contributed by atoms with Gasteiger partial charge in [-0.1, -0.05) is 24.3 Å². The van der Waals surface area contributed by atoms with Crippen molar-refractivity contribution in [3.05, 3.63) is 101 Å². The highest BCUT2D eigenvalue weighted by atomic mass is 16.5. The van der Waals surface area contributed by atoms with Crippen LogP contribution in [0.5, 0.6) is 23.0 Å². The summed E-state index contributed by atoms with van der Waals surface area (Å²) in [6, 6.07) is 20.6. The molecule has 0 aliphatic carbocycles. The van der Waals surface area contributed by atoms with Gasteiger partial charge in [0.25, 0.3) is 5.91 Å². The van der Waals surface area contributed by atoms with Crippen LogP contribution in [-0.4, -0.2) is 76.9 Å². The van der Waals surface area contributed by atoms with E-state index < -0.39 is 0 Å². The summed E-state index contributed by atoms with van der Waals surface area (Å²) in [5.41, 5.74) is 4.01. The first-order valence-corrected chi connectivity index (χ1v) is 14.6. The van der Waals surface area contributed by atoms with Gasteiger partial charge in [-0.2, -0.15) is 5.26 Å². The molecule has 0 atom stereocenters. The third-order valence-electron chi connectivity index (χ3n) is 7.73. The Morgan fingerprint density at radius 1 is 1.00 bits per heavy atom. The summed E-state index contributed by atoms with van der Waals surface area (Å²) in [7, 11) is 1.60. The lowest BCUT2D eigenvalue weighted by atomic mass is 10.1. The lowest BCUT2D eigenvalue weighted by Gasteiger charge is -2.35. The molecule has 1 aromatic heterocycles. The van der Waals surface area contributed by atoms with Crippen LogP contribution in [0.2, 0.25) is 0 Å². The smallest absolute Gasteiger partial charge is 0.257 e. The third-order valence-corrected chi connectivity index (χ3v) is 7.73. The fourth-order valence-corrected chi connectivity index (χ4v) is 5.40. The maximum atomic E-state index is 13.3. The van der Waals surface area contributed by atoms with Crippen LogP contribution in [0.3, 0.4) is 0 Å². The Hall–Kier alpha value is -4.85. The Bertz CT molecular complexity index is 1650. The van der Waals surface area contributed by atoms with Gasteiger partial charge in [0.15, 0.2) is 0 Å². The number of para-hydroxylation sites is 1. The molecule has 10 nitrogen and oxygen atoms in total. The van der Waals surface area contributed by atoms with E-state index in [0.717, 1.165) is 35.7 Å². The topological polar surface area (TPSA) is 113 Å². The minimum Gasteiger partial charge on any atom is -0.496 e. The Kier molecular flexibility index (Phi) is 9.79. The lowest BCUT2D eigenvalue weighted by molar-refractivity contribution is 0.0622. The van der Waals surface area contributed by atoms with Crippen molar-refractivity contribution in [3.63, 3.8) is 0 Å².